The predicted octanol–water partition coefficient (Wildman–Crippen LogP) is 2.86. The molecular formula is C18H21F3N4O3. The van der Waals surface area contributed by atoms with E-state index >= 15 is 0 Å². The van der Waals surface area contributed by atoms with Crippen molar-refractivity contribution in [3.8, 4) is 5.75 Å². The van der Waals surface area contributed by atoms with Crippen molar-refractivity contribution in [2.75, 3.05) is 19.0 Å². The molecule has 10 heteroatoms. The molecule has 1 aromatic carbocycles. The van der Waals surface area contributed by atoms with Gasteiger partial charge in [0.05, 0.1) is 6.04 Å². The van der Waals surface area contributed by atoms with Gasteiger partial charge in [-0.05, 0) is 23.6 Å². The number of amides is 1. The highest BCUT2D eigenvalue weighted by atomic mass is 19.4. The Bertz CT molecular complexity index is 877. The lowest BCUT2D eigenvalue weighted by molar-refractivity contribution is -0.274. The summed E-state index contributed by atoms with van der Waals surface area (Å²) in [6.07, 6.45) is -4.77. The van der Waals surface area contributed by atoms with E-state index in [9.17, 15) is 22.8 Å². The first-order valence-electron chi connectivity index (χ1n) is 8.41. The minimum Gasteiger partial charge on any atom is -0.406 e. The van der Waals surface area contributed by atoms with E-state index in [0.29, 0.717) is 5.56 Å². The van der Waals surface area contributed by atoms with Gasteiger partial charge in [0, 0.05) is 20.2 Å². The SMILES string of the molecule is CC(C)C(NC(=O)c1cc(=O)[nH]c(N(C)C)n1)c1ccc(OC(F)(F)F)cc1. The van der Waals surface area contributed by atoms with Crippen LogP contribution in [0.4, 0.5) is 19.1 Å². The summed E-state index contributed by atoms with van der Waals surface area (Å²) in [6, 6.07) is 5.83. The van der Waals surface area contributed by atoms with Gasteiger partial charge in [0.15, 0.2) is 0 Å². The predicted molar refractivity (Wildman–Crippen MR) is 97.4 cm³/mol. The molecule has 2 rings (SSSR count). The van der Waals surface area contributed by atoms with Crippen molar-refractivity contribution >= 4 is 11.9 Å². The second kappa shape index (κ2) is 8.32. The molecule has 0 bridgehead atoms. The number of ether oxygens (including phenoxy) is 1. The molecule has 1 unspecified atom stereocenters. The number of benzene rings is 1. The summed E-state index contributed by atoms with van der Waals surface area (Å²) < 4.78 is 40.7. The van der Waals surface area contributed by atoms with Crippen molar-refractivity contribution in [3.05, 3.63) is 51.9 Å². The first kappa shape index (κ1) is 21.3. The van der Waals surface area contributed by atoms with Crippen LogP contribution in [0.5, 0.6) is 5.75 Å². The molecule has 1 atom stereocenters. The smallest absolute Gasteiger partial charge is 0.406 e. The number of carbonyl (C=O) groups excluding carboxylic acids is 1. The number of hydrogen-bond acceptors (Lipinski definition) is 5. The zero-order valence-corrected chi connectivity index (χ0v) is 15.8. The summed E-state index contributed by atoms with van der Waals surface area (Å²) in [7, 11) is 3.34. The van der Waals surface area contributed by atoms with Crippen molar-refractivity contribution in [3.63, 3.8) is 0 Å². The third-order valence-electron chi connectivity index (χ3n) is 3.81. The fourth-order valence-electron chi connectivity index (χ4n) is 2.50. The monoisotopic (exact) mass is 398 g/mol. The Balaban J connectivity index is 2.23. The molecule has 0 aliphatic heterocycles. The number of nitrogens with one attached hydrogen (secondary N) is 2. The summed E-state index contributed by atoms with van der Waals surface area (Å²) in [5, 5.41) is 2.77. The van der Waals surface area contributed by atoms with Gasteiger partial charge in [-0.3, -0.25) is 14.6 Å². The van der Waals surface area contributed by atoms with Crippen LogP contribution in [0.1, 0.15) is 35.9 Å². The first-order chi connectivity index (χ1) is 13.0. The third-order valence-corrected chi connectivity index (χ3v) is 3.81. The molecule has 0 saturated heterocycles. The summed E-state index contributed by atoms with van der Waals surface area (Å²) in [6.45, 7) is 3.70. The fourth-order valence-corrected chi connectivity index (χ4v) is 2.50. The fraction of sp³-hybridized carbons (Fsp3) is 0.389. The Morgan fingerprint density at radius 1 is 1.21 bits per heavy atom. The van der Waals surface area contributed by atoms with E-state index in [4.69, 9.17) is 0 Å². The number of anilines is 1. The summed E-state index contributed by atoms with van der Waals surface area (Å²) >= 11 is 0. The van der Waals surface area contributed by atoms with Crippen molar-refractivity contribution < 1.29 is 22.7 Å². The van der Waals surface area contributed by atoms with E-state index in [1.165, 1.54) is 24.3 Å². The number of halogens is 3. The van der Waals surface area contributed by atoms with Gasteiger partial charge in [-0.25, -0.2) is 4.98 Å². The topological polar surface area (TPSA) is 87.3 Å². The van der Waals surface area contributed by atoms with Crippen LogP contribution in [0.2, 0.25) is 0 Å². The highest BCUT2D eigenvalue weighted by Crippen LogP contribution is 2.27. The Kier molecular flexibility index (Phi) is 6.32. The number of alkyl halides is 3. The zero-order valence-electron chi connectivity index (χ0n) is 15.8. The quantitative estimate of drug-likeness (QED) is 0.781. The standard InChI is InChI=1S/C18H21F3N4O3/c1-10(2)15(11-5-7-12(8-6-11)28-18(19,20)21)24-16(27)13-9-14(26)23-17(22-13)25(3)4/h5-10,15H,1-4H3,(H,24,27)(H,22,23,26). The highest BCUT2D eigenvalue weighted by Gasteiger charge is 2.31. The number of nitrogens with zero attached hydrogens (tertiary/aromatic N) is 2. The lowest BCUT2D eigenvalue weighted by Gasteiger charge is -2.23. The van der Waals surface area contributed by atoms with Crippen LogP contribution < -0.4 is 20.5 Å². The van der Waals surface area contributed by atoms with E-state index in [0.717, 1.165) is 6.07 Å². The van der Waals surface area contributed by atoms with Crippen molar-refractivity contribution in [2.24, 2.45) is 5.92 Å². The van der Waals surface area contributed by atoms with Crippen LogP contribution in [-0.2, 0) is 0 Å². The lowest BCUT2D eigenvalue weighted by atomic mass is 9.96. The molecule has 1 heterocycles. The summed E-state index contributed by atoms with van der Waals surface area (Å²) in [5.41, 5.74) is 0.0595. The van der Waals surface area contributed by atoms with Crippen LogP contribution in [0.3, 0.4) is 0 Å². The Morgan fingerprint density at radius 3 is 2.32 bits per heavy atom. The molecule has 2 aromatic rings. The van der Waals surface area contributed by atoms with E-state index in [2.05, 4.69) is 20.0 Å². The normalized spacial score (nSPS) is 12.6. The van der Waals surface area contributed by atoms with Crippen molar-refractivity contribution in [1.82, 2.24) is 15.3 Å². The van der Waals surface area contributed by atoms with Crippen LogP contribution in [0, 0.1) is 5.92 Å². The minimum atomic E-state index is -4.77. The average Bonchev–Trinajstić information content (AvgIpc) is 2.58. The molecule has 1 amide bonds. The second-order valence-corrected chi connectivity index (χ2v) is 6.66. The van der Waals surface area contributed by atoms with E-state index in [-0.39, 0.29) is 23.3 Å². The highest BCUT2D eigenvalue weighted by molar-refractivity contribution is 5.92. The molecule has 0 saturated carbocycles. The molecule has 0 spiro atoms. The third kappa shape index (κ3) is 5.73. The summed E-state index contributed by atoms with van der Waals surface area (Å²) in [4.78, 5) is 32.5. The van der Waals surface area contributed by atoms with Gasteiger partial charge in [0.25, 0.3) is 11.5 Å². The molecular weight excluding hydrogens is 377 g/mol. The van der Waals surface area contributed by atoms with Crippen molar-refractivity contribution in [1.29, 1.82) is 0 Å². The van der Waals surface area contributed by atoms with Gasteiger partial charge < -0.3 is 15.0 Å². The molecule has 2 N–H and O–H groups in total. The van der Waals surface area contributed by atoms with Crippen LogP contribution in [0.25, 0.3) is 0 Å². The van der Waals surface area contributed by atoms with Gasteiger partial charge >= 0.3 is 6.36 Å². The Morgan fingerprint density at radius 2 is 1.82 bits per heavy atom. The molecule has 0 fully saturated rings. The maximum Gasteiger partial charge on any atom is 0.573 e. The number of carbonyl (C=O) groups is 1. The van der Waals surface area contributed by atoms with Crippen LogP contribution in [-0.4, -0.2) is 36.3 Å². The van der Waals surface area contributed by atoms with E-state index in [1.54, 1.807) is 19.0 Å². The lowest BCUT2D eigenvalue weighted by Crippen LogP contribution is -2.33. The molecule has 0 aliphatic carbocycles. The average molecular weight is 398 g/mol. The number of hydrogen-bond donors (Lipinski definition) is 2. The second-order valence-electron chi connectivity index (χ2n) is 6.66. The van der Waals surface area contributed by atoms with Gasteiger partial charge in [0.2, 0.25) is 5.95 Å². The number of aromatic nitrogens is 2. The van der Waals surface area contributed by atoms with Gasteiger partial charge in [-0.1, -0.05) is 26.0 Å². The number of H-pyrrole nitrogens is 1. The largest absolute Gasteiger partial charge is 0.573 e. The van der Waals surface area contributed by atoms with Gasteiger partial charge in [-0.2, -0.15) is 0 Å². The van der Waals surface area contributed by atoms with Crippen LogP contribution >= 0.6 is 0 Å². The minimum absolute atomic E-state index is 0.0601. The van der Waals surface area contributed by atoms with Crippen molar-refractivity contribution in [2.45, 2.75) is 26.3 Å². The Labute approximate surface area is 159 Å². The zero-order chi connectivity index (χ0) is 21.1. The molecule has 0 radical (unpaired) electrons. The van der Waals surface area contributed by atoms with E-state index in [1.807, 2.05) is 13.8 Å². The molecule has 1 aromatic heterocycles. The maximum atomic E-state index is 12.6. The van der Waals surface area contributed by atoms with E-state index < -0.39 is 23.9 Å². The number of rotatable bonds is 6. The maximum absolute atomic E-state index is 12.6. The molecule has 28 heavy (non-hydrogen) atoms. The molecule has 7 nitrogen and oxygen atoms in total. The van der Waals surface area contributed by atoms with Gasteiger partial charge in [0.1, 0.15) is 11.4 Å². The molecule has 0 aliphatic rings. The molecule has 152 valence electrons. The first-order valence-corrected chi connectivity index (χ1v) is 8.41. The summed E-state index contributed by atoms with van der Waals surface area (Å²) in [5.74, 6) is -0.762. The van der Waals surface area contributed by atoms with Gasteiger partial charge in [-0.15, -0.1) is 13.2 Å². The Hall–Kier alpha value is -3.04. The number of aromatic amines is 1. The van der Waals surface area contributed by atoms with Crippen LogP contribution in [0.15, 0.2) is 35.1 Å².